The summed E-state index contributed by atoms with van der Waals surface area (Å²) in [5, 5.41) is 13.4. The van der Waals surface area contributed by atoms with Crippen LogP contribution in [-0.4, -0.2) is 55.9 Å². The van der Waals surface area contributed by atoms with E-state index in [1.54, 1.807) is 12.0 Å². The summed E-state index contributed by atoms with van der Waals surface area (Å²) >= 11 is 0. The summed E-state index contributed by atoms with van der Waals surface area (Å²) in [6.07, 6.45) is -0.729. The van der Waals surface area contributed by atoms with Crippen molar-refractivity contribution in [1.29, 1.82) is 0 Å². The van der Waals surface area contributed by atoms with Gasteiger partial charge in [0.2, 0.25) is 5.91 Å². The maximum absolute atomic E-state index is 12.4. The van der Waals surface area contributed by atoms with Gasteiger partial charge in [-0.2, -0.15) is 0 Å². The Labute approximate surface area is 186 Å². The van der Waals surface area contributed by atoms with E-state index in [0.717, 1.165) is 33.9 Å². The molecule has 0 saturated heterocycles. The number of hydrogen-bond acceptors (Lipinski definition) is 5. The number of benzene rings is 2. The zero-order chi connectivity index (χ0) is 23.2. The number of rotatable bonds is 9. The minimum atomic E-state index is -0.729. The predicted octanol–water partition coefficient (Wildman–Crippen LogP) is 3.92. The van der Waals surface area contributed by atoms with Crippen LogP contribution in [0.4, 0.5) is 5.69 Å². The zero-order valence-corrected chi connectivity index (χ0v) is 19.8. The molecular weight excluding hydrogens is 392 g/mol. The molecule has 0 radical (unpaired) electrons. The van der Waals surface area contributed by atoms with E-state index in [1.807, 2.05) is 57.3 Å². The van der Waals surface area contributed by atoms with Gasteiger partial charge in [-0.3, -0.25) is 9.69 Å². The lowest BCUT2D eigenvalue weighted by Crippen LogP contribution is -2.38. The molecule has 0 spiro atoms. The third kappa shape index (κ3) is 7.26. The van der Waals surface area contributed by atoms with Crippen molar-refractivity contribution in [3.8, 4) is 11.5 Å². The molecule has 0 aliphatic heterocycles. The topological polar surface area (TPSA) is 71.0 Å². The Morgan fingerprint density at radius 2 is 1.81 bits per heavy atom. The fraction of sp³-hybridized carbons (Fsp3) is 0.480. The van der Waals surface area contributed by atoms with Crippen molar-refractivity contribution in [3.05, 3.63) is 53.1 Å². The van der Waals surface area contributed by atoms with Gasteiger partial charge in [0.1, 0.15) is 24.2 Å². The average Bonchev–Trinajstić information content (AvgIpc) is 2.68. The molecule has 2 N–H and O–H groups in total. The molecule has 6 heteroatoms. The quantitative estimate of drug-likeness (QED) is 0.633. The SMILES string of the molecule is COc1ccc(OCC(O)CN(C)CC(=O)Nc2c(C)cccc2C)c(C(C)(C)C)c1. The summed E-state index contributed by atoms with van der Waals surface area (Å²) in [5.74, 6) is 1.38. The highest BCUT2D eigenvalue weighted by molar-refractivity contribution is 5.93. The number of carbonyl (C=O) groups excluding carboxylic acids is 1. The Morgan fingerprint density at radius 3 is 2.39 bits per heavy atom. The van der Waals surface area contributed by atoms with Crippen molar-refractivity contribution in [2.75, 3.05) is 39.2 Å². The third-order valence-corrected chi connectivity index (χ3v) is 5.11. The molecule has 2 aromatic carbocycles. The van der Waals surface area contributed by atoms with Gasteiger partial charge in [-0.1, -0.05) is 39.0 Å². The number of hydrogen-bond donors (Lipinski definition) is 2. The second-order valence-corrected chi connectivity index (χ2v) is 9.09. The summed E-state index contributed by atoms with van der Waals surface area (Å²) in [5.41, 5.74) is 3.79. The van der Waals surface area contributed by atoms with E-state index >= 15 is 0 Å². The summed E-state index contributed by atoms with van der Waals surface area (Å²) in [4.78, 5) is 14.2. The van der Waals surface area contributed by atoms with E-state index in [1.165, 1.54) is 0 Å². The second kappa shape index (κ2) is 10.6. The van der Waals surface area contributed by atoms with Crippen molar-refractivity contribution < 1.29 is 19.4 Å². The molecule has 1 amide bonds. The molecule has 31 heavy (non-hydrogen) atoms. The normalized spacial score (nSPS) is 12.5. The first kappa shape index (κ1) is 24.7. The molecule has 0 heterocycles. The van der Waals surface area contributed by atoms with E-state index in [-0.39, 0.29) is 24.5 Å². The number of ether oxygens (including phenoxy) is 2. The lowest BCUT2D eigenvalue weighted by Gasteiger charge is -2.25. The average molecular weight is 429 g/mol. The number of likely N-dealkylation sites (N-methyl/N-ethyl adjacent to an activating group) is 1. The molecule has 1 atom stereocenters. The standard InChI is InChI=1S/C25H36N2O4/c1-17-9-8-10-18(2)24(17)26-23(29)15-27(6)14-19(28)16-31-22-12-11-20(30-7)13-21(22)25(3,4)5/h8-13,19,28H,14-16H2,1-7H3,(H,26,29). The first-order chi connectivity index (χ1) is 14.5. The van der Waals surface area contributed by atoms with Crippen LogP contribution in [-0.2, 0) is 10.2 Å². The molecule has 0 aliphatic rings. The third-order valence-electron chi connectivity index (χ3n) is 5.11. The summed E-state index contributed by atoms with van der Waals surface area (Å²) in [6.45, 7) is 10.9. The molecule has 170 valence electrons. The maximum atomic E-state index is 12.4. The van der Waals surface area contributed by atoms with Crippen molar-refractivity contribution >= 4 is 11.6 Å². The minimum absolute atomic E-state index is 0.113. The van der Waals surface area contributed by atoms with Crippen LogP contribution in [0.2, 0.25) is 0 Å². The number of carbonyl (C=O) groups is 1. The Balaban J connectivity index is 1.90. The highest BCUT2D eigenvalue weighted by atomic mass is 16.5. The van der Waals surface area contributed by atoms with Gasteiger partial charge in [0, 0.05) is 17.8 Å². The van der Waals surface area contributed by atoms with E-state index in [9.17, 15) is 9.90 Å². The van der Waals surface area contributed by atoms with Gasteiger partial charge in [0.25, 0.3) is 0 Å². The molecule has 0 bridgehead atoms. The van der Waals surface area contributed by atoms with E-state index < -0.39 is 6.10 Å². The molecule has 2 rings (SSSR count). The maximum Gasteiger partial charge on any atom is 0.238 e. The van der Waals surface area contributed by atoms with Crippen LogP contribution in [0.15, 0.2) is 36.4 Å². The van der Waals surface area contributed by atoms with Gasteiger partial charge in [0.15, 0.2) is 0 Å². The minimum Gasteiger partial charge on any atom is -0.497 e. The van der Waals surface area contributed by atoms with Crippen LogP contribution >= 0.6 is 0 Å². The number of para-hydroxylation sites is 1. The first-order valence-corrected chi connectivity index (χ1v) is 10.5. The number of aliphatic hydroxyl groups is 1. The van der Waals surface area contributed by atoms with Crippen molar-refractivity contribution in [2.45, 2.75) is 46.1 Å². The number of amides is 1. The monoisotopic (exact) mass is 428 g/mol. The molecule has 2 aromatic rings. The van der Waals surface area contributed by atoms with E-state index in [4.69, 9.17) is 9.47 Å². The van der Waals surface area contributed by atoms with E-state index in [2.05, 4.69) is 26.1 Å². The van der Waals surface area contributed by atoms with Crippen LogP contribution < -0.4 is 14.8 Å². The number of anilines is 1. The molecular formula is C25H36N2O4. The first-order valence-electron chi connectivity index (χ1n) is 10.5. The van der Waals surface area contributed by atoms with Crippen molar-refractivity contribution in [2.24, 2.45) is 0 Å². The van der Waals surface area contributed by atoms with Crippen LogP contribution in [0, 0.1) is 13.8 Å². The van der Waals surface area contributed by atoms with Crippen LogP contribution in [0.25, 0.3) is 0 Å². The number of aliphatic hydroxyl groups excluding tert-OH is 1. The van der Waals surface area contributed by atoms with Gasteiger partial charge in [-0.15, -0.1) is 0 Å². The summed E-state index contributed by atoms with van der Waals surface area (Å²) in [6, 6.07) is 11.6. The Hall–Kier alpha value is -2.57. The predicted molar refractivity (Wildman–Crippen MR) is 125 cm³/mol. The summed E-state index contributed by atoms with van der Waals surface area (Å²) in [7, 11) is 3.44. The lowest BCUT2D eigenvalue weighted by molar-refractivity contribution is -0.117. The molecule has 0 aromatic heterocycles. The molecule has 6 nitrogen and oxygen atoms in total. The second-order valence-electron chi connectivity index (χ2n) is 9.09. The van der Waals surface area contributed by atoms with Gasteiger partial charge in [-0.25, -0.2) is 0 Å². The highest BCUT2D eigenvalue weighted by Gasteiger charge is 2.21. The largest absolute Gasteiger partial charge is 0.497 e. The molecule has 0 fully saturated rings. The Kier molecular flexibility index (Phi) is 8.48. The lowest BCUT2D eigenvalue weighted by atomic mass is 9.86. The summed E-state index contributed by atoms with van der Waals surface area (Å²) < 4.78 is 11.3. The van der Waals surface area contributed by atoms with Crippen molar-refractivity contribution in [1.82, 2.24) is 4.90 Å². The fourth-order valence-electron chi connectivity index (χ4n) is 3.45. The number of aryl methyl sites for hydroxylation is 2. The van der Waals surface area contributed by atoms with Gasteiger partial charge >= 0.3 is 0 Å². The molecule has 0 saturated carbocycles. The molecule has 0 aliphatic carbocycles. The Morgan fingerprint density at radius 1 is 1.16 bits per heavy atom. The fourth-order valence-corrected chi connectivity index (χ4v) is 3.45. The van der Waals surface area contributed by atoms with Crippen LogP contribution in [0.3, 0.4) is 0 Å². The highest BCUT2D eigenvalue weighted by Crippen LogP contribution is 2.34. The van der Waals surface area contributed by atoms with Crippen LogP contribution in [0.1, 0.15) is 37.5 Å². The Bertz CT molecular complexity index is 869. The van der Waals surface area contributed by atoms with Gasteiger partial charge in [-0.05, 0) is 55.6 Å². The smallest absolute Gasteiger partial charge is 0.238 e. The zero-order valence-electron chi connectivity index (χ0n) is 19.8. The van der Waals surface area contributed by atoms with Crippen molar-refractivity contribution in [3.63, 3.8) is 0 Å². The number of methoxy groups -OCH3 is 1. The van der Waals surface area contributed by atoms with E-state index in [0.29, 0.717) is 6.54 Å². The van der Waals surface area contributed by atoms with Crippen LogP contribution in [0.5, 0.6) is 11.5 Å². The molecule has 1 unspecified atom stereocenters. The van der Waals surface area contributed by atoms with Gasteiger partial charge < -0.3 is 19.9 Å². The number of nitrogens with zero attached hydrogens (tertiary/aromatic N) is 1. The number of nitrogens with one attached hydrogen (secondary N) is 1. The van der Waals surface area contributed by atoms with Gasteiger partial charge in [0.05, 0.1) is 13.7 Å².